The van der Waals surface area contributed by atoms with Gasteiger partial charge in [-0.25, -0.2) is 13.6 Å². The molecule has 2 aromatic rings. The third-order valence-electron chi connectivity index (χ3n) is 3.17. The number of benzene rings is 1. The van der Waals surface area contributed by atoms with Crippen molar-refractivity contribution < 1.29 is 27.9 Å². The van der Waals surface area contributed by atoms with E-state index in [1.807, 2.05) is 0 Å². The molecular weight excluding hydrogens is 284 g/mol. The molecule has 3 rings (SSSR count). The number of rotatable bonds is 5. The summed E-state index contributed by atoms with van der Waals surface area (Å²) in [6.45, 7) is 0.333. The highest BCUT2D eigenvalue weighted by Gasteiger charge is 2.25. The van der Waals surface area contributed by atoms with Gasteiger partial charge in [0.15, 0.2) is 11.6 Å². The lowest BCUT2D eigenvalue weighted by molar-refractivity contribution is 0.0652. The number of hydrogen-bond acceptors (Lipinski definition) is 4. The zero-order valence-electron chi connectivity index (χ0n) is 10.8. The number of halogens is 2. The first-order valence-electron chi connectivity index (χ1n) is 6.37. The van der Waals surface area contributed by atoms with Crippen LogP contribution in [0.1, 0.15) is 23.4 Å². The molecule has 1 aromatic carbocycles. The smallest absolute Gasteiger partial charge is 0.374 e. The third-order valence-corrected chi connectivity index (χ3v) is 3.17. The van der Waals surface area contributed by atoms with Gasteiger partial charge in [-0.3, -0.25) is 0 Å². The van der Waals surface area contributed by atoms with Gasteiger partial charge in [-0.15, -0.1) is 0 Å². The van der Waals surface area contributed by atoms with Crippen molar-refractivity contribution in [2.75, 3.05) is 6.61 Å². The molecule has 1 heterocycles. The number of aromatic nitrogens is 1. The summed E-state index contributed by atoms with van der Waals surface area (Å²) in [6, 6.07) is 2.85. The van der Waals surface area contributed by atoms with Crippen LogP contribution >= 0.6 is 0 Å². The Morgan fingerprint density at radius 2 is 2.14 bits per heavy atom. The van der Waals surface area contributed by atoms with E-state index in [-0.39, 0.29) is 17.0 Å². The van der Waals surface area contributed by atoms with E-state index in [9.17, 15) is 13.6 Å². The van der Waals surface area contributed by atoms with Gasteiger partial charge in [0.25, 0.3) is 0 Å². The number of hydrogen-bond donors (Lipinski definition) is 1. The Balaban J connectivity index is 1.99. The van der Waals surface area contributed by atoms with Crippen LogP contribution in [0.2, 0.25) is 0 Å². The maximum absolute atomic E-state index is 13.9. The lowest BCUT2D eigenvalue weighted by Gasteiger charge is -2.10. The highest BCUT2D eigenvalue weighted by Crippen LogP contribution is 2.36. The normalized spacial score (nSPS) is 14.2. The number of carbonyl (C=O) groups is 1. The molecule has 1 aliphatic rings. The van der Waals surface area contributed by atoms with E-state index in [1.165, 1.54) is 0 Å². The maximum atomic E-state index is 13.9. The van der Waals surface area contributed by atoms with Crippen LogP contribution in [0, 0.1) is 17.6 Å². The van der Waals surface area contributed by atoms with Crippen molar-refractivity contribution in [3.8, 4) is 17.0 Å². The lowest BCUT2D eigenvalue weighted by Crippen LogP contribution is -2.03. The highest BCUT2D eigenvalue weighted by molar-refractivity contribution is 5.86. The minimum Gasteiger partial charge on any atom is -0.490 e. The summed E-state index contributed by atoms with van der Waals surface area (Å²) in [6.07, 6.45) is 2.04. The van der Waals surface area contributed by atoms with E-state index in [0.29, 0.717) is 18.6 Å². The summed E-state index contributed by atoms with van der Waals surface area (Å²) in [5, 5.41) is 12.3. The number of carboxylic acids is 1. The van der Waals surface area contributed by atoms with Crippen LogP contribution in [0.15, 0.2) is 22.7 Å². The summed E-state index contributed by atoms with van der Waals surface area (Å²) in [5.41, 5.74) is 0.0426. The van der Waals surface area contributed by atoms with Gasteiger partial charge in [-0.1, -0.05) is 5.16 Å². The predicted octanol–water partition coefficient (Wildman–Crippen LogP) is 3.11. The molecule has 0 spiro atoms. The maximum Gasteiger partial charge on any atom is 0.374 e. The molecule has 0 atom stereocenters. The molecule has 21 heavy (non-hydrogen) atoms. The van der Waals surface area contributed by atoms with Crippen molar-refractivity contribution in [1.82, 2.24) is 5.16 Å². The lowest BCUT2D eigenvalue weighted by atomic mass is 10.1. The fraction of sp³-hybridized carbons (Fsp3) is 0.286. The van der Waals surface area contributed by atoms with Crippen molar-refractivity contribution in [2.45, 2.75) is 12.8 Å². The summed E-state index contributed by atoms with van der Waals surface area (Å²) >= 11 is 0. The average molecular weight is 295 g/mol. The number of carboxylic acid groups (broad SMARTS) is 1. The first kappa shape index (κ1) is 13.5. The zero-order chi connectivity index (χ0) is 15.0. The molecule has 0 saturated heterocycles. The molecule has 1 saturated carbocycles. The minimum atomic E-state index is -1.31. The first-order valence-corrected chi connectivity index (χ1v) is 6.37. The zero-order valence-corrected chi connectivity index (χ0v) is 10.8. The molecule has 7 heteroatoms. The van der Waals surface area contributed by atoms with Crippen LogP contribution in [0.25, 0.3) is 11.3 Å². The van der Waals surface area contributed by atoms with Crippen LogP contribution in [0.4, 0.5) is 8.78 Å². The first-order chi connectivity index (χ1) is 10.0. The summed E-state index contributed by atoms with van der Waals surface area (Å²) in [7, 11) is 0. The molecule has 1 aromatic heterocycles. The van der Waals surface area contributed by atoms with Gasteiger partial charge in [-0.05, 0) is 24.8 Å². The largest absolute Gasteiger partial charge is 0.490 e. The molecular formula is C14H11F2NO4. The third kappa shape index (κ3) is 2.86. The Hall–Kier alpha value is -2.44. The molecule has 0 aliphatic heterocycles. The topological polar surface area (TPSA) is 72.6 Å². The van der Waals surface area contributed by atoms with Gasteiger partial charge in [0, 0.05) is 12.1 Å². The molecule has 1 fully saturated rings. The van der Waals surface area contributed by atoms with E-state index in [4.69, 9.17) is 9.84 Å². The van der Waals surface area contributed by atoms with Gasteiger partial charge >= 0.3 is 5.97 Å². The fourth-order valence-electron chi connectivity index (χ4n) is 1.89. The molecule has 0 amide bonds. The molecule has 5 nitrogen and oxygen atoms in total. The fourth-order valence-corrected chi connectivity index (χ4v) is 1.89. The SMILES string of the molecule is O=C(O)c1cc(-c2cc(F)cc(F)c2OCC2CC2)no1. The Morgan fingerprint density at radius 3 is 2.76 bits per heavy atom. The molecule has 0 bridgehead atoms. The molecule has 0 unspecified atom stereocenters. The summed E-state index contributed by atoms with van der Waals surface area (Å²) in [5.74, 6) is -3.15. The Labute approximate surface area is 118 Å². The van der Waals surface area contributed by atoms with Crippen molar-refractivity contribution >= 4 is 5.97 Å². The quantitative estimate of drug-likeness (QED) is 0.917. The Bertz CT molecular complexity index is 694. The van der Waals surface area contributed by atoms with Crippen LogP contribution in [0.5, 0.6) is 5.75 Å². The van der Waals surface area contributed by atoms with Crippen molar-refractivity contribution in [1.29, 1.82) is 0 Å². The summed E-state index contributed by atoms with van der Waals surface area (Å²) in [4.78, 5) is 10.8. The molecule has 1 N–H and O–H groups in total. The van der Waals surface area contributed by atoms with E-state index in [0.717, 1.165) is 25.0 Å². The number of ether oxygens (including phenoxy) is 1. The van der Waals surface area contributed by atoms with Gasteiger partial charge < -0.3 is 14.4 Å². The molecule has 1 aliphatic carbocycles. The Kier molecular flexibility index (Phi) is 3.32. The van der Waals surface area contributed by atoms with Crippen LogP contribution in [-0.4, -0.2) is 22.8 Å². The molecule has 0 radical (unpaired) electrons. The predicted molar refractivity (Wildman–Crippen MR) is 67.0 cm³/mol. The Morgan fingerprint density at radius 1 is 1.38 bits per heavy atom. The van der Waals surface area contributed by atoms with Gasteiger partial charge in [-0.2, -0.15) is 0 Å². The van der Waals surface area contributed by atoms with Crippen LogP contribution in [0.3, 0.4) is 0 Å². The average Bonchev–Trinajstić information content (AvgIpc) is 3.11. The minimum absolute atomic E-state index is 0.0107. The van der Waals surface area contributed by atoms with Gasteiger partial charge in [0.05, 0.1) is 12.2 Å². The standard InChI is InChI=1S/C14H11F2NO4/c15-8-3-9(11-5-12(14(18)19)21-17-11)13(10(16)4-8)20-6-7-1-2-7/h3-5,7H,1-2,6H2,(H,18,19). The van der Waals surface area contributed by atoms with E-state index >= 15 is 0 Å². The number of aromatic carboxylic acids is 1. The van der Waals surface area contributed by atoms with Gasteiger partial charge in [0.2, 0.25) is 5.76 Å². The van der Waals surface area contributed by atoms with Crippen molar-refractivity contribution in [3.05, 3.63) is 35.6 Å². The number of nitrogens with zero attached hydrogens (tertiary/aromatic N) is 1. The van der Waals surface area contributed by atoms with Crippen LogP contribution in [-0.2, 0) is 0 Å². The van der Waals surface area contributed by atoms with Gasteiger partial charge in [0.1, 0.15) is 11.5 Å². The van der Waals surface area contributed by atoms with Crippen molar-refractivity contribution in [2.24, 2.45) is 5.92 Å². The molecule has 110 valence electrons. The second kappa shape index (κ2) is 5.16. The van der Waals surface area contributed by atoms with Crippen LogP contribution < -0.4 is 4.74 Å². The monoisotopic (exact) mass is 295 g/mol. The second-order valence-electron chi connectivity index (χ2n) is 4.90. The summed E-state index contributed by atoms with van der Waals surface area (Å²) < 4.78 is 37.3. The second-order valence-corrected chi connectivity index (χ2v) is 4.90. The van der Waals surface area contributed by atoms with E-state index in [1.54, 1.807) is 0 Å². The van der Waals surface area contributed by atoms with Crippen molar-refractivity contribution in [3.63, 3.8) is 0 Å². The highest BCUT2D eigenvalue weighted by atomic mass is 19.1. The van der Waals surface area contributed by atoms with E-state index < -0.39 is 23.4 Å². The van der Waals surface area contributed by atoms with E-state index in [2.05, 4.69) is 9.68 Å².